The lowest BCUT2D eigenvalue weighted by molar-refractivity contribution is -0.128. The highest BCUT2D eigenvalue weighted by atomic mass is 35.5. The van der Waals surface area contributed by atoms with Crippen LogP contribution in [0.25, 0.3) is 12.2 Å². The van der Waals surface area contributed by atoms with Gasteiger partial charge < -0.3 is 15.5 Å². The van der Waals surface area contributed by atoms with Crippen LogP contribution in [0.3, 0.4) is 0 Å². The van der Waals surface area contributed by atoms with Gasteiger partial charge in [-0.15, -0.1) is 0 Å². The highest BCUT2D eigenvalue weighted by molar-refractivity contribution is 6.30. The molecular weight excluding hydrogens is 544 g/mol. The van der Waals surface area contributed by atoms with Crippen molar-refractivity contribution >= 4 is 35.6 Å². The minimum atomic E-state index is -0.134. The molecule has 0 radical (unpaired) electrons. The molecule has 216 valence electrons. The maximum absolute atomic E-state index is 13.4. The van der Waals surface area contributed by atoms with E-state index in [9.17, 15) is 9.59 Å². The predicted octanol–water partition coefficient (Wildman–Crippen LogP) is 5.94. The molecule has 6 nitrogen and oxygen atoms in total. The summed E-state index contributed by atoms with van der Waals surface area (Å²) in [4.78, 5) is 30.1. The summed E-state index contributed by atoms with van der Waals surface area (Å²) in [5, 5.41) is 7.17. The van der Waals surface area contributed by atoms with Crippen LogP contribution in [0.5, 0.6) is 0 Å². The third kappa shape index (κ3) is 6.77. The van der Waals surface area contributed by atoms with Crippen molar-refractivity contribution in [1.82, 2.24) is 20.4 Å². The molecule has 2 amide bonds. The Morgan fingerprint density at radius 1 is 0.976 bits per heavy atom. The number of hydrogen-bond acceptors (Lipinski definition) is 4. The van der Waals surface area contributed by atoms with Crippen LogP contribution in [0, 0.1) is 0 Å². The van der Waals surface area contributed by atoms with Crippen molar-refractivity contribution in [2.75, 3.05) is 26.2 Å². The number of piperidine rings is 1. The zero-order chi connectivity index (χ0) is 28.9. The van der Waals surface area contributed by atoms with E-state index < -0.39 is 0 Å². The van der Waals surface area contributed by atoms with E-state index in [0.29, 0.717) is 42.7 Å². The van der Waals surface area contributed by atoms with E-state index in [-0.39, 0.29) is 11.8 Å². The standard InChI is InChI=1S/C35H37ClN4O2/c36-30-13-11-25(12-14-30)20-31(38-35(42)33-21-27-6-1-2-7-28(27)22-37-33)24-39-18-15-26(16-19-39)32-9-4-3-8-29(32)23-40-17-5-10-34(40)41/h1-4,6-9,11-14,20-21,26,37H,5,10,15-19,22-24H2,(H,38,42)/b31-20-. The summed E-state index contributed by atoms with van der Waals surface area (Å²) in [5.41, 5.74) is 7.32. The second kappa shape index (κ2) is 13.0. The lowest BCUT2D eigenvalue weighted by Crippen LogP contribution is -2.40. The van der Waals surface area contributed by atoms with Gasteiger partial charge >= 0.3 is 0 Å². The first-order valence-electron chi connectivity index (χ1n) is 14.9. The highest BCUT2D eigenvalue weighted by Crippen LogP contribution is 2.32. The van der Waals surface area contributed by atoms with E-state index in [1.807, 2.05) is 59.5 Å². The van der Waals surface area contributed by atoms with Crippen molar-refractivity contribution in [3.63, 3.8) is 0 Å². The average molecular weight is 581 g/mol. The molecule has 2 fully saturated rings. The molecule has 3 heterocycles. The normalized spacial score (nSPS) is 17.9. The summed E-state index contributed by atoms with van der Waals surface area (Å²) in [6, 6.07) is 24.4. The number of carbonyl (C=O) groups excluding carboxylic acids is 2. The molecule has 6 rings (SSSR count). The summed E-state index contributed by atoms with van der Waals surface area (Å²) >= 11 is 6.13. The lowest BCUT2D eigenvalue weighted by Gasteiger charge is -2.34. The first kappa shape index (κ1) is 28.3. The molecule has 0 aromatic heterocycles. The first-order valence-corrected chi connectivity index (χ1v) is 15.3. The van der Waals surface area contributed by atoms with E-state index in [2.05, 4.69) is 45.9 Å². The molecule has 7 heteroatoms. The molecule has 0 aliphatic carbocycles. The monoisotopic (exact) mass is 580 g/mol. The van der Waals surface area contributed by atoms with Crippen molar-refractivity contribution in [3.8, 4) is 0 Å². The van der Waals surface area contributed by atoms with Gasteiger partial charge in [-0.3, -0.25) is 14.5 Å². The van der Waals surface area contributed by atoms with E-state index in [1.54, 1.807) is 0 Å². The molecule has 2 N–H and O–H groups in total. The van der Waals surface area contributed by atoms with Crippen LogP contribution in [0.15, 0.2) is 84.2 Å². The number of amides is 2. The summed E-state index contributed by atoms with van der Waals surface area (Å²) < 4.78 is 0. The second-order valence-corrected chi connectivity index (χ2v) is 11.9. The SMILES string of the molecule is O=C(N/C(=C\c1ccc(Cl)cc1)CN1CCC(c2ccccc2CN2CCCC2=O)CC1)C1=Cc2ccccc2CN1. The minimum Gasteiger partial charge on any atom is -0.376 e. The van der Waals surface area contributed by atoms with Gasteiger partial charge in [-0.1, -0.05) is 72.3 Å². The molecule has 0 bridgehead atoms. The van der Waals surface area contributed by atoms with Gasteiger partial charge in [-0.2, -0.15) is 0 Å². The molecule has 0 unspecified atom stereocenters. The number of halogens is 1. The molecule has 2 saturated heterocycles. The Balaban J connectivity index is 1.14. The largest absolute Gasteiger partial charge is 0.376 e. The zero-order valence-electron chi connectivity index (χ0n) is 23.8. The van der Waals surface area contributed by atoms with Gasteiger partial charge in [0.2, 0.25) is 5.91 Å². The van der Waals surface area contributed by atoms with Gasteiger partial charge in [0.25, 0.3) is 5.91 Å². The summed E-state index contributed by atoms with van der Waals surface area (Å²) in [6.07, 6.45) is 7.67. The number of carbonyl (C=O) groups is 2. The summed E-state index contributed by atoms with van der Waals surface area (Å²) in [6.45, 7) is 4.72. The third-order valence-electron chi connectivity index (χ3n) is 8.56. The smallest absolute Gasteiger partial charge is 0.271 e. The number of nitrogens with one attached hydrogen (secondary N) is 2. The van der Waals surface area contributed by atoms with Gasteiger partial charge in [0.05, 0.1) is 0 Å². The van der Waals surface area contributed by atoms with Gasteiger partial charge in [-0.25, -0.2) is 0 Å². The van der Waals surface area contributed by atoms with Crippen molar-refractivity contribution in [2.24, 2.45) is 0 Å². The molecule has 0 spiro atoms. The number of rotatable bonds is 8. The lowest BCUT2D eigenvalue weighted by atomic mass is 9.86. The Labute approximate surface area is 253 Å². The van der Waals surface area contributed by atoms with Gasteiger partial charge in [0.1, 0.15) is 5.70 Å². The number of fused-ring (bicyclic) bond motifs is 1. The van der Waals surface area contributed by atoms with E-state index >= 15 is 0 Å². The van der Waals surface area contributed by atoms with Gasteiger partial charge in [0, 0.05) is 43.3 Å². The molecular formula is C35H37ClN4O2. The topological polar surface area (TPSA) is 64.7 Å². The Hall–Kier alpha value is -3.87. The number of nitrogens with zero attached hydrogens (tertiary/aromatic N) is 2. The van der Waals surface area contributed by atoms with Gasteiger partial charge in [0.15, 0.2) is 0 Å². The van der Waals surface area contributed by atoms with E-state index in [4.69, 9.17) is 11.6 Å². The number of benzene rings is 3. The van der Waals surface area contributed by atoms with Crippen LogP contribution in [-0.4, -0.2) is 47.8 Å². The summed E-state index contributed by atoms with van der Waals surface area (Å²) in [7, 11) is 0. The van der Waals surface area contributed by atoms with E-state index in [1.165, 1.54) is 16.7 Å². The highest BCUT2D eigenvalue weighted by Gasteiger charge is 2.26. The van der Waals surface area contributed by atoms with Crippen LogP contribution >= 0.6 is 11.6 Å². The predicted molar refractivity (Wildman–Crippen MR) is 168 cm³/mol. The Bertz CT molecular complexity index is 1510. The van der Waals surface area contributed by atoms with Crippen molar-refractivity contribution in [3.05, 3.63) is 117 Å². The van der Waals surface area contributed by atoms with Crippen LogP contribution in [0.4, 0.5) is 0 Å². The fourth-order valence-corrected chi connectivity index (χ4v) is 6.40. The number of likely N-dealkylation sites (tertiary alicyclic amines) is 2. The minimum absolute atomic E-state index is 0.134. The zero-order valence-corrected chi connectivity index (χ0v) is 24.6. The van der Waals surface area contributed by atoms with E-state index in [0.717, 1.165) is 55.7 Å². The fraction of sp³-hybridized carbons (Fsp3) is 0.314. The Morgan fingerprint density at radius 3 is 2.52 bits per heavy atom. The Morgan fingerprint density at radius 2 is 1.74 bits per heavy atom. The van der Waals surface area contributed by atoms with Crippen LogP contribution in [-0.2, 0) is 22.7 Å². The van der Waals surface area contributed by atoms with Crippen LogP contribution < -0.4 is 10.6 Å². The van der Waals surface area contributed by atoms with Crippen LogP contribution in [0.1, 0.15) is 59.4 Å². The maximum atomic E-state index is 13.4. The summed E-state index contributed by atoms with van der Waals surface area (Å²) in [5.74, 6) is 0.597. The average Bonchev–Trinajstić information content (AvgIpc) is 3.42. The molecule has 3 aliphatic heterocycles. The maximum Gasteiger partial charge on any atom is 0.271 e. The first-order chi connectivity index (χ1) is 20.5. The molecule has 0 saturated carbocycles. The number of hydrogen-bond donors (Lipinski definition) is 2. The quantitative estimate of drug-likeness (QED) is 0.346. The molecule has 3 aromatic rings. The molecule has 42 heavy (non-hydrogen) atoms. The van der Waals surface area contributed by atoms with Crippen molar-refractivity contribution in [1.29, 1.82) is 0 Å². The molecule has 3 aromatic carbocycles. The van der Waals surface area contributed by atoms with Crippen molar-refractivity contribution in [2.45, 2.75) is 44.7 Å². The van der Waals surface area contributed by atoms with Crippen LogP contribution in [0.2, 0.25) is 5.02 Å². The molecule has 3 aliphatic rings. The fourth-order valence-electron chi connectivity index (χ4n) is 6.27. The third-order valence-corrected chi connectivity index (χ3v) is 8.81. The molecule has 0 atom stereocenters. The van der Waals surface area contributed by atoms with Crippen molar-refractivity contribution < 1.29 is 9.59 Å². The second-order valence-electron chi connectivity index (χ2n) is 11.5. The Kier molecular flexibility index (Phi) is 8.73. The van der Waals surface area contributed by atoms with Gasteiger partial charge in [-0.05, 0) is 90.4 Å².